The SMILES string of the molecule is Oc1ccc(-c2ccc3cc(-c4ccccc4)ccc3c2)c(-c2nc(-c3ccc4ccccc4c3)nc(-c3cc4ccccc4c4ccccc34)n2)c1-c1ccccc1. The summed E-state index contributed by atoms with van der Waals surface area (Å²) in [6.07, 6.45) is 0. The maximum atomic E-state index is 11.9. The molecule has 0 aliphatic heterocycles. The van der Waals surface area contributed by atoms with Crippen molar-refractivity contribution in [1.82, 2.24) is 15.0 Å². The standard InChI is InChI=1S/C55H35N3O/c59-50-30-29-46(43-27-26-40-31-39(24-25-41(40)32-43)35-13-3-1-4-14-35)52(51(50)37-16-5-2-6-17-37)55-57-53(44-28-23-36-15-7-8-18-38(36)33-44)56-54(58-55)49-34-42-19-9-10-20-45(42)47-21-11-12-22-48(47)49/h1-34,59H. The topological polar surface area (TPSA) is 58.9 Å². The third kappa shape index (κ3) is 6.15. The minimum absolute atomic E-state index is 0.147. The lowest BCUT2D eigenvalue weighted by atomic mass is 9.89. The lowest BCUT2D eigenvalue weighted by Crippen LogP contribution is -2.03. The third-order valence-electron chi connectivity index (χ3n) is 11.4. The van der Waals surface area contributed by atoms with Gasteiger partial charge in [0.2, 0.25) is 0 Å². The van der Waals surface area contributed by atoms with Gasteiger partial charge in [-0.1, -0.05) is 170 Å². The van der Waals surface area contributed by atoms with Gasteiger partial charge in [0, 0.05) is 22.3 Å². The lowest BCUT2D eigenvalue weighted by molar-refractivity contribution is 0.477. The van der Waals surface area contributed by atoms with Gasteiger partial charge in [0.15, 0.2) is 17.5 Å². The van der Waals surface area contributed by atoms with Crippen LogP contribution >= 0.6 is 0 Å². The van der Waals surface area contributed by atoms with Crippen LogP contribution in [0.5, 0.6) is 5.75 Å². The predicted molar refractivity (Wildman–Crippen MR) is 244 cm³/mol. The molecule has 11 aromatic rings. The molecule has 1 heterocycles. The van der Waals surface area contributed by atoms with E-state index in [2.05, 4.69) is 158 Å². The molecule has 10 aromatic carbocycles. The molecule has 0 radical (unpaired) electrons. The number of rotatable bonds is 6. The summed E-state index contributed by atoms with van der Waals surface area (Å²) >= 11 is 0. The molecule has 276 valence electrons. The Hall–Kier alpha value is -7.95. The highest BCUT2D eigenvalue weighted by atomic mass is 16.3. The van der Waals surface area contributed by atoms with Crippen molar-refractivity contribution in [2.45, 2.75) is 0 Å². The molecule has 0 aliphatic carbocycles. The lowest BCUT2D eigenvalue weighted by Gasteiger charge is -2.18. The van der Waals surface area contributed by atoms with Gasteiger partial charge in [-0.15, -0.1) is 0 Å². The highest BCUT2D eigenvalue weighted by Crippen LogP contribution is 2.45. The molecule has 0 atom stereocenters. The van der Waals surface area contributed by atoms with Gasteiger partial charge in [0.05, 0.1) is 0 Å². The number of aromatic nitrogens is 3. The Kier molecular flexibility index (Phi) is 8.26. The summed E-state index contributed by atoms with van der Waals surface area (Å²) in [7, 11) is 0. The number of phenolic OH excluding ortho intramolecular Hbond substituents is 1. The number of phenols is 1. The number of fused-ring (bicyclic) bond motifs is 5. The first-order chi connectivity index (χ1) is 29.1. The second kappa shape index (κ2) is 14.2. The number of aromatic hydroxyl groups is 1. The van der Waals surface area contributed by atoms with E-state index in [9.17, 15) is 5.11 Å². The highest BCUT2D eigenvalue weighted by molar-refractivity contribution is 6.13. The van der Waals surface area contributed by atoms with E-state index in [0.717, 1.165) is 71.1 Å². The van der Waals surface area contributed by atoms with Crippen molar-refractivity contribution in [2.24, 2.45) is 0 Å². The Bertz CT molecular complexity index is 3400. The summed E-state index contributed by atoms with van der Waals surface area (Å²) in [5, 5.41) is 20.8. The molecule has 59 heavy (non-hydrogen) atoms. The summed E-state index contributed by atoms with van der Waals surface area (Å²) in [6, 6.07) is 71.2. The zero-order chi connectivity index (χ0) is 39.3. The van der Waals surface area contributed by atoms with Crippen LogP contribution in [0.25, 0.3) is 111 Å². The summed E-state index contributed by atoms with van der Waals surface area (Å²) < 4.78 is 0. The predicted octanol–water partition coefficient (Wildman–Crippen LogP) is 14.2. The van der Waals surface area contributed by atoms with E-state index in [0.29, 0.717) is 23.0 Å². The zero-order valence-corrected chi connectivity index (χ0v) is 31.9. The van der Waals surface area contributed by atoms with Crippen LogP contribution in [0.1, 0.15) is 0 Å². The molecule has 0 aliphatic rings. The average molecular weight is 754 g/mol. The fourth-order valence-corrected chi connectivity index (χ4v) is 8.49. The van der Waals surface area contributed by atoms with Gasteiger partial charge in [0.1, 0.15) is 5.75 Å². The van der Waals surface area contributed by atoms with Gasteiger partial charge in [-0.25, -0.2) is 15.0 Å². The van der Waals surface area contributed by atoms with Crippen molar-refractivity contribution >= 4 is 43.1 Å². The van der Waals surface area contributed by atoms with E-state index in [1.807, 2.05) is 42.5 Å². The Balaban J connectivity index is 1.19. The van der Waals surface area contributed by atoms with Crippen molar-refractivity contribution in [3.8, 4) is 73.3 Å². The van der Waals surface area contributed by atoms with Crippen molar-refractivity contribution in [1.29, 1.82) is 0 Å². The van der Waals surface area contributed by atoms with Crippen LogP contribution in [0, 0.1) is 0 Å². The van der Waals surface area contributed by atoms with Crippen LogP contribution in [0.2, 0.25) is 0 Å². The second-order valence-electron chi connectivity index (χ2n) is 15.0. The minimum atomic E-state index is 0.147. The molecule has 0 unspecified atom stereocenters. The van der Waals surface area contributed by atoms with E-state index in [-0.39, 0.29) is 5.75 Å². The van der Waals surface area contributed by atoms with Gasteiger partial charge < -0.3 is 5.11 Å². The zero-order valence-electron chi connectivity index (χ0n) is 31.9. The Morgan fingerprint density at radius 1 is 0.271 bits per heavy atom. The summed E-state index contributed by atoms with van der Waals surface area (Å²) in [4.78, 5) is 16.0. The third-order valence-corrected chi connectivity index (χ3v) is 11.4. The van der Waals surface area contributed by atoms with E-state index < -0.39 is 0 Å². The second-order valence-corrected chi connectivity index (χ2v) is 15.0. The molecule has 1 N–H and O–H groups in total. The summed E-state index contributed by atoms with van der Waals surface area (Å²) in [6.45, 7) is 0. The monoisotopic (exact) mass is 753 g/mol. The fraction of sp³-hybridized carbons (Fsp3) is 0. The van der Waals surface area contributed by atoms with E-state index >= 15 is 0 Å². The number of hydrogen-bond acceptors (Lipinski definition) is 4. The van der Waals surface area contributed by atoms with Crippen LogP contribution in [-0.4, -0.2) is 20.1 Å². The average Bonchev–Trinajstić information content (AvgIpc) is 3.31. The molecule has 1 aromatic heterocycles. The van der Waals surface area contributed by atoms with Gasteiger partial charge >= 0.3 is 0 Å². The molecule has 0 amide bonds. The molecule has 0 fully saturated rings. The molecule has 0 saturated carbocycles. The molecule has 0 saturated heterocycles. The Morgan fingerprint density at radius 3 is 1.58 bits per heavy atom. The van der Waals surface area contributed by atoms with Crippen molar-refractivity contribution in [2.75, 3.05) is 0 Å². The first-order valence-corrected chi connectivity index (χ1v) is 19.8. The van der Waals surface area contributed by atoms with E-state index in [1.54, 1.807) is 6.07 Å². The van der Waals surface area contributed by atoms with Crippen LogP contribution in [0.4, 0.5) is 0 Å². The van der Waals surface area contributed by atoms with Gasteiger partial charge in [-0.3, -0.25) is 0 Å². The largest absolute Gasteiger partial charge is 0.507 e. The highest BCUT2D eigenvalue weighted by Gasteiger charge is 2.24. The Labute approximate surface area is 341 Å². The van der Waals surface area contributed by atoms with Crippen LogP contribution in [0.3, 0.4) is 0 Å². The van der Waals surface area contributed by atoms with E-state index in [1.165, 1.54) is 16.5 Å². The molecule has 11 rings (SSSR count). The minimum Gasteiger partial charge on any atom is -0.507 e. The quantitative estimate of drug-likeness (QED) is 0.172. The van der Waals surface area contributed by atoms with Gasteiger partial charge in [-0.2, -0.15) is 0 Å². The molecule has 4 heteroatoms. The van der Waals surface area contributed by atoms with Crippen LogP contribution in [-0.2, 0) is 0 Å². The van der Waals surface area contributed by atoms with Gasteiger partial charge in [-0.05, 0) is 107 Å². The summed E-state index contributed by atoms with van der Waals surface area (Å²) in [5.74, 6) is 1.72. The van der Waals surface area contributed by atoms with Crippen molar-refractivity contribution in [3.63, 3.8) is 0 Å². The van der Waals surface area contributed by atoms with Crippen molar-refractivity contribution < 1.29 is 5.11 Å². The van der Waals surface area contributed by atoms with Crippen LogP contribution < -0.4 is 0 Å². The maximum absolute atomic E-state index is 11.9. The molecule has 4 nitrogen and oxygen atoms in total. The number of hydrogen-bond donors (Lipinski definition) is 1. The van der Waals surface area contributed by atoms with Gasteiger partial charge in [0.25, 0.3) is 0 Å². The fourth-order valence-electron chi connectivity index (χ4n) is 8.49. The normalized spacial score (nSPS) is 11.5. The summed E-state index contributed by atoms with van der Waals surface area (Å²) in [5.41, 5.74) is 8.28. The first-order valence-electron chi connectivity index (χ1n) is 19.8. The molecular weight excluding hydrogens is 719 g/mol. The first kappa shape index (κ1) is 34.3. The van der Waals surface area contributed by atoms with Crippen LogP contribution in [0.15, 0.2) is 206 Å². The number of nitrogens with zero attached hydrogens (tertiary/aromatic N) is 3. The maximum Gasteiger partial charge on any atom is 0.165 e. The molecule has 0 spiro atoms. The molecule has 0 bridgehead atoms. The smallest absolute Gasteiger partial charge is 0.165 e. The van der Waals surface area contributed by atoms with E-state index in [4.69, 9.17) is 15.0 Å². The Morgan fingerprint density at radius 2 is 0.797 bits per heavy atom. The molecular formula is C55H35N3O. The number of benzene rings is 10. The van der Waals surface area contributed by atoms with Crippen molar-refractivity contribution in [3.05, 3.63) is 206 Å².